The molecule has 180 valence electrons. The van der Waals surface area contributed by atoms with E-state index >= 15 is 0 Å². The summed E-state index contributed by atoms with van der Waals surface area (Å²) in [5.41, 5.74) is 3.28. The summed E-state index contributed by atoms with van der Waals surface area (Å²) in [5, 5.41) is 13.1. The van der Waals surface area contributed by atoms with Gasteiger partial charge in [-0.2, -0.15) is 5.26 Å². The molecule has 2 aromatic rings. The van der Waals surface area contributed by atoms with Crippen molar-refractivity contribution in [1.29, 1.82) is 5.26 Å². The van der Waals surface area contributed by atoms with Gasteiger partial charge in [-0.25, -0.2) is 9.59 Å². The topological polar surface area (TPSA) is 118 Å². The molecule has 0 spiro atoms. The van der Waals surface area contributed by atoms with Gasteiger partial charge in [0, 0.05) is 17.8 Å². The van der Waals surface area contributed by atoms with E-state index in [-0.39, 0.29) is 24.8 Å². The molecule has 1 aliphatic heterocycles. The molecular formula is C24H27N3O6S. The van der Waals surface area contributed by atoms with Gasteiger partial charge in [-0.05, 0) is 36.5 Å². The van der Waals surface area contributed by atoms with Crippen molar-refractivity contribution in [3.63, 3.8) is 0 Å². The number of thiophene rings is 1. The Labute approximate surface area is 202 Å². The lowest BCUT2D eigenvalue weighted by molar-refractivity contribution is -0.144. The van der Waals surface area contributed by atoms with E-state index in [4.69, 9.17) is 9.47 Å². The van der Waals surface area contributed by atoms with Gasteiger partial charge < -0.3 is 24.4 Å². The first kappa shape index (κ1) is 25.1. The molecule has 0 saturated heterocycles. The van der Waals surface area contributed by atoms with E-state index in [9.17, 15) is 19.6 Å². The van der Waals surface area contributed by atoms with Crippen molar-refractivity contribution in [1.82, 2.24) is 4.90 Å². The van der Waals surface area contributed by atoms with Crippen molar-refractivity contribution in [3.05, 3.63) is 45.3 Å². The third-order valence-electron chi connectivity index (χ3n) is 5.63. The van der Waals surface area contributed by atoms with Gasteiger partial charge >= 0.3 is 12.1 Å². The fraction of sp³-hybridized carbons (Fsp3) is 0.417. The van der Waals surface area contributed by atoms with Gasteiger partial charge in [0.1, 0.15) is 16.8 Å². The Balaban J connectivity index is 1.69. The normalized spacial score (nSPS) is 13.3. The van der Waals surface area contributed by atoms with Crippen LogP contribution in [-0.4, -0.2) is 50.2 Å². The van der Waals surface area contributed by atoms with Gasteiger partial charge in [-0.1, -0.05) is 24.6 Å². The van der Waals surface area contributed by atoms with Crippen LogP contribution in [0.15, 0.2) is 18.2 Å². The molecule has 1 N–H and O–H groups in total. The third kappa shape index (κ3) is 5.66. The van der Waals surface area contributed by atoms with Crippen LogP contribution in [-0.2, 0) is 32.0 Å². The highest BCUT2D eigenvalue weighted by Gasteiger charge is 2.29. The third-order valence-corrected chi connectivity index (χ3v) is 6.76. The lowest BCUT2D eigenvalue weighted by Gasteiger charge is -2.25. The zero-order valence-corrected chi connectivity index (χ0v) is 20.4. The van der Waals surface area contributed by atoms with E-state index in [1.165, 1.54) is 23.3 Å². The largest absolute Gasteiger partial charge is 0.496 e. The Morgan fingerprint density at radius 3 is 2.74 bits per heavy atom. The predicted molar refractivity (Wildman–Crippen MR) is 126 cm³/mol. The molecule has 2 heterocycles. The first-order valence-corrected chi connectivity index (χ1v) is 11.6. The summed E-state index contributed by atoms with van der Waals surface area (Å²) in [5.74, 6) is -0.207. The van der Waals surface area contributed by atoms with Crippen LogP contribution in [0.3, 0.4) is 0 Å². The maximum absolute atomic E-state index is 12.8. The predicted octanol–water partition coefficient (Wildman–Crippen LogP) is 3.74. The fourth-order valence-corrected chi connectivity index (χ4v) is 5.07. The summed E-state index contributed by atoms with van der Waals surface area (Å²) in [4.78, 5) is 38.6. The summed E-state index contributed by atoms with van der Waals surface area (Å²) in [6.07, 6.45) is 0.0445. The summed E-state index contributed by atoms with van der Waals surface area (Å²) in [6.45, 7) is 4.06. The van der Waals surface area contributed by atoms with Crippen LogP contribution in [0.2, 0.25) is 0 Å². The lowest BCUT2D eigenvalue weighted by Crippen LogP contribution is -2.36. The SMILES string of the molecule is COC(=O)COC(=O)N1CCc2c(sc(NC(=O)C[C@H](C)c3cc(C)ccc3OC)c2C#N)C1. The van der Waals surface area contributed by atoms with Crippen molar-refractivity contribution in [2.75, 3.05) is 32.7 Å². The molecule has 1 atom stereocenters. The number of carbonyl (C=O) groups excluding carboxylic acids is 3. The standard InChI is InChI=1S/C24H27N3O6S/c1-14-5-6-19(31-3)17(9-14)15(2)10-21(28)26-23-18(11-25)16-7-8-27(12-20(16)34-23)24(30)33-13-22(29)32-4/h5-6,9,15H,7-8,10,12-13H2,1-4H3,(H,26,28)/t15-/m0/s1. The van der Waals surface area contributed by atoms with E-state index in [0.29, 0.717) is 23.5 Å². The van der Waals surface area contributed by atoms with Gasteiger partial charge in [0.15, 0.2) is 6.61 Å². The average molecular weight is 486 g/mol. The summed E-state index contributed by atoms with van der Waals surface area (Å²) < 4.78 is 14.9. The number of esters is 1. The van der Waals surface area contributed by atoms with Crippen molar-refractivity contribution < 1.29 is 28.6 Å². The molecule has 0 saturated carbocycles. The highest BCUT2D eigenvalue weighted by Crippen LogP contribution is 2.37. The van der Waals surface area contributed by atoms with Crippen LogP contribution in [0.5, 0.6) is 5.75 Å². The molecule has 0 radical (unpaired) electrons. The van der Waals surface area contributed by atoms with Crippen LogP contribution >= 0.6 is 11.3 Å². The van der Waals surface area contributed by atoms with Crippen LogP contribution in [0, 0.1) is 18.3 Å². The second kappa shape index (κ2) is 11.0. The number of amides is 2. The zero-order chi connectivity index (χ0) is 24.8. The number of benzene rings is 1. The number of ether oxygens (including phenoxy) is 3. The molecule has 2 amide bonds. The number of nitrogens with zero attached hydrogens (tertiary/aromatic N) is 2. The summed E-state index contributed by atoms with van der Waals surface area (Å²) >= 11 is 1.28. The van der Waals surface area contributed by atoms with E-state index in [0.717, 1.165) is 27.3 Å². The number of hydrogen-bond donors (Lipinski definition) is 1. The molecule has 1 aliphatic rings. The van der Waals surface area contributed by atoms with Crippen LogP contribution in [0.25, 0.3) is 0 Å². The summed E-state index contributed by atoms with van der Waals surface area (Å²) in [7, 11) is 2.82. The number of nitriles is 1. The molecule has 9 nitrogen and oxygen atoms in total. The van der Waals surface area contributed by atoms with Crippen molar-refractivity contribution in [3.8, 4) is 11.8 Å². The first-order valence-electron chi connectivity index (χ1n) is 10.7. The fourth-order valence-electron chi connectivity index (χ4n) is 3.84. The Hall–Kier alpha value is -3.58. The van der Waals surface area contributed by atoms with Crippen molar-refractivity contribution in [2.24, 2.45) is 0 Å². The minimum Gasteiger partial charge on any atom is -0.496 e. The number of rotatable bonds is 7. The second-order valence-electron chi connectivity index (χ2n) is 8.02. The number of nitrogens with one attached hydrogen (secondary N) is 1. The average Bonchev–Trinajstić information content (AvgIpc) is 3.17. The zero-order valence-electron chi connectivity index (χ0n) is 19.6. The molecule has 0 aliphatic carbocycles. The molecule has 3 rings (SSSR count). The highest BCUT2D eigenvalue weighted by molar-refractivity contribution is 7.16. The highest BCUT2D eigenvalue weighted by atomic mass is 32.1. The van der Waals surface area contributed by atoms with E-state index in [1.807, 2.05) is 32.0 Å². The maximum Gasteiger partial charge on any atom is 0.410 e. The quantitative estimate of drug-likeness (QED) is 0.594. The summed E-state index contributed by atoms with van der Waals surface area (Å²) in [6, 6.07) is 8.05. The van der Waals surface area contributed by atoms with E-state index in [2.05, 4.69) is 16.1 Å². The van der Waals surface area contributed by atoms with Crippen LogP contribution in [0.1, 0.15) is 46.4 Å². The number of anilines is 1. The maximum atomic E-state index is 12.8. The van der Waals surface area contributed by atoms with Crippen molar-refractivity contribution >= 4 is 34.3 Å². The Bertz CT molecular complexity index is 1140. The van der Waals surface area contributed by atoms with Gasteiger partial charge in [-0.15, -0.1) is 11.3 Å². The van der Waals surface area contributed by atoms with Crippen LogP contribution in [0.4, 0.5) is 9.80 Å². The minimum atomic E-state index is -0.642. The van der Waals surface area contributed by atoms with Crippen molar-refractivity contribution in [2.45, 2.75) is 39.2 Å². The molecule has 34 heavy (non-hydrogen) atoms. The molecule has 10 heteroatoms. The van der Waals surface area contributed by atoms with E-state index in [1.54, 1.807) is 7.11 Å². The van der Waals surface area contributed by atoms with E-state index < -0.39 is 18.7 Å². The molecule has 0 unspecified atom stereocenters. The van der Waals surface area contributed by atoms with Gasteiger partial charge in [0.05, 0.1) is 26.3 Å². The Morgan fingerprint density at radius 2 is 2.06 bits per heavy atom. The molecule has 1 aromatic heterocycles. The first-order chi connectivity index (χ1) is 16.3. The number of fused-ring (bicyclic) bond motifs is 1. The van der Waals surface area contributed by atoms with Gasteiger partial charge in [-0.3, -0.25) is 4.79 Å². The number of hydrogen-bond acceptors (Lipinski definition) is 8. The Kier molecular flexibility index (Phi) is 8.12. The lowest BCUT2D eigenvalue weighted by atomic mass is 9.95. The second-order valence-corrected chi connectivity index (χ2v) is 9.13. The molecule has 0 fully saturated rings. The monoisotopic (exact) mass is 485 g/mol. The van der Waals surface area contributed by atoms with Gasteiger partial charge in [0.2, 0.25) is 5.91 Å². The smallest absolute Gasteiger partial charge is 0.410 e. The van der Waals surface area contributed by atoms with Crippen LogP contribution < -0.4 is 10.1 Å². The minimum absolute atomic E-state index is 0.0879. The van der Waals surface area contributed by atoms with Gasteiger partial charge in [0.25, 0.3) is 0 Å². The number of methoxy groups -OCH3 is 2. The number of carbonyl (C=O) groups is 3. The molecule has 1 aromatic carbocycles. The molecule has 0 bridgehead atoms. The molecular weight excluding hydrogens is 458 g/mol. The Morgan fingerprint density at radius 1 is 1.29 bits per heavy atom. The number of aryl methyl sites for hydroxylation is 1.